The summed E-state index contributed by atoms with van der Waals surface area (Å²) in [4.78, 5) is 2.62. The van der Waals surface area contributed by atoms with Crippen molar-refractivity contribution in [3.05, 3.63) is 69.7 Å². The third kappa shape index (κ3) is 3.74. The van der Waals surface area contributed by atoms with Gasteiger partial charge in [-0.2, -0.15) is 5.26 Å². The van der Waals surface area contributed by atoms with E-state index in [0.29, 0.717) is 16.1 Å². The van der Waals surface area contributed by atoms with E-state index in [1.54, 1.807) is 0 Å². The summed E-state index contributed by atoms with van der Waals surface area (Å²) < 4.78 is 0. The predicted octanol–water partition coefficient (Wildman–Crippen LogP) is 6.07. The van der Waals surface area contributed by atoms with Gasteiger partial charge in [-0.3, -0.25) is 0 Å². The molecule has 2 nitrogen and oxygen atoms in total. The summed E-state index contributed by atoms with van der Waals surface area (Å²) in [6.07, 6.45) is 6.14. The van der Waals surface area contributed by atoms with Crippen molar-refractivity contribution >= 4 is 23.2 Å². The molecule has 0 aromatic heterocycles. The molecule has 2 bridgehead atoms. The Balaban J connectivity index is 1.66. The molecule has 27 heavy (non-hydrogen) atoms. The minimum Gasteiger partial charge on any atom is -0.300 e. The number of fused-ring (bicyclic) bond motifs is 3. The second-order valence-corrected chi connectivity index (χ2v) is 8.82. The summed E-state index contributed by atoms with van der Waals surface area (Å²) in [6.45, 7) is 2.13. The van der Waals surface area contributed by atoms with Gasteiger partial charge >= 0.3 is 0 Å². The molecule has 1 aliphatic carbocycles. The number of piperidine rings is 2. The van der Waals surface area contributed by atoms with Crippen LogP contribution in [0.25, 0.3) is 0 Å². The van der Waals surface area contributed by atoms with Crippen LogP contribution in [0.1, 0.15) is 43.2 Å². The Kier molecular flexibility index (Phi) is 5.46. The van der Waals surface area contributed by atoms with E-state index in [1.165, 1.54) is 32.2 Å². The zero-order valence-electron chi connectivity index (χ0n) is 15.4. The molecule has 2 aromatic carbocycles. The molecule has 0 N–H and O–H groups in total. The Morgan fingerprint density at radius 1 is 0.889 bits per heavy atom. The summed E-state index contributed by atoms with van der Waals surface area (Å²) in [7, 11) is 0. The molecule has 2 saturated heterocycles. The molecule has 2 aliphatic heterocycles. The summed E-state index contributed by atoms with van der Waals surface area (Å²) in [5.41, 5.74) is 1.31. The highest BCUT2D eigenvalue weighted by atomic mass is 35.5. The quantitative estimate of drug-likeness (QED) is 0.610. The Bertz CT molecular complexity index is 769. The van der Waals surface area contributed by atoms with Crippen molar-refractivity contribution in [3.8, 4) is 6.07 Å². The Morgan fingerprint density at radius 2 is 1.41 bits per heavy atom. The van der Waals surface area contributed by atoms with E-state index in [1.807, 2.05) is 48.5 Å². The molecule has 2 aromatic rings. The predicted molar refractivity (Wildman–Crippen MR) is 111 cm³/mol. The Labute approximate surface area is 171 Å². The maximum atomic E-state index is 10.3. The van der Waals surface area contributed by atoms with Crippen molar-refractivity contribution in [2.45, 2.75) is 43.6 Å². The third-order valence-corrected chi connectivity index (χ3v) is 6.97. The van der Waals surface area contributed by atoms with Crippen LogP contribution in [0.2, 0.25) is 10.0 Å². The van der Waals surface area contributed by atoms with Crippen molar-refractivity contribution in [1.82, 2.24) is 4.90 Å². The molecule has 1 saturated carbocycles. The van der Waals surface area contributed by atoms with E-state index in [2.05, 4.69) is 11.0 Å². The summed E-state index contributed by atoms with van der Waals surface area (Å²) >= 11 is 12.2. The zero-order valence-corrected chi connectivity index (χ0v) is 16.9. The van der Waals surface area contributed by atoms with Gasteiger partial charge in [0.2, 0.25) is 0 Å². The number of hydrogen-bond donors (Lipinski definition) is 0. The molecule has 0 unspecified atom stereocenters. The van der Waals surface area contributed by atoms with E-state index in [4.69, 9.17) is 23.2 Å². The molecule has 3 aliphatic rings. The van der Waals surface area contributed by atoms with Gasteiger partial charge in [0.05, 0.1) is 6.07 Å². The highest BCUT2D eigenvalue weighted by molar-refractivity contribution is 6.30. The molecule has 0 atom stereocenters. The fourth-order valence-corrected chi connectivity index (χ4v) is 5.12. The smallest absolute Gasteiger partial charge is 0.108 e. The maximum Gasteiger partial charge on any atom is 0.108 e. The van der Waals surface area contributed by atoms with E-state index in [9.17, 15) is 5.26 Å². The number of rotatable bonds is 5. The minimum atomic E-state index is -0.689. The lowest BCUT2D eigenvalue weighted by molar-refractivity contribution is 0.0458. The fraction of sp³-hybridized carbons (Fsp3) is 0.435. The van der Waals surface area contributed by atoms with Crippen molar-refractivity contribution < 1.29 is 0 Å². The molecule has 0 spiro atoms. The van der Waals surface area contributed by atoms with Crippen LogP contribution < -0.4 is 0 Å². The van der Waals surface area contributed by atoms with E-state index in [0.717, 1.165) is 30.0 Å². The lowest BCUT2D eigenvalue weighted by atomic mass is 9.72. The SMILES string of the molecule is N#CC(CCN1CC2CCC1CC2)(c1ccc(Cl)cc1)c1ccc(Cl)cc1. The summed E-state index contributed by atoms with van der Waals surface area (Å²) in [5.74, 6) is 0.845. The lowest BCUT2D eigenvalue weighted by Gasteiger charge is -2.46. The number of halogens is 2. The average Bonchev–Trinajstić information content (AvgIpc) is 2.72. The lowest BCUT2D eigenvalue weighted by Crippen LogP contribution is -2.49. The first kappa shape index (κ1) is 18.8. The minimum absolute atomic E-state index is 0.689. The second kappa shape index (κ2) is 7.84. The molecular weight excluding hydrogens is 375 g/mol. The van der Waals surface area contributed by atoms with Crippen molar-refractivity contribution in [3.63, 3.8) is 0 Å². The zero-order chi connectivity index (χ0) is 18.9. The van der Waals surface area contributed by atoms with Crippen LogP contribution in [0.3, 0.4) is 0 Å². The monoisotopic (exact) mass is 398 g/mol. The highest BCUT2D eigenvalue weighted by Crippen LogP contribution is 2.39. The maximum absolute atomic E-state index is 10.3. The molecular formula is C23H24Cl2N2. The van der Waals surface area contributed by atoms with Gasteiger partial charge in [0.1, 0.15) is 5.41 Å². The molecule has 5 rings (SSSR count). The van der Waals surface area contributed by atoms with Crippen molar-refractivity contribution in [2.75, 3.05) is 13.1 Å². The van der Waals surface area contributed by atoms with Gasteiger partial charge in [0, 0.05) is 29.2 Å². The average molecular weight is 399 g/mol. The molecule has 0 amide bonds. The third-order valence-electron chi connectivity index (χ3n) is 6.46. The number of benzene rings is 2. The van der Waals surface area contributed by atoms with Crippen LogP contribution >= 0.6 is 23.2 Å². The van der Waals surface area contributed by atoms with Crippen molar-refractivity contribution in [1.29, 1.82) is 5.26 Å². The van der Waals surface area contributed by atoms with Gasteiger partial charge in [0.25, 0.3) is 0 Å². The normalized spacial score (nSPS) is 22.6. The summed E-state index contributed by atoms with van der Waals surface area (Å²) in [6, 6.07) is 18.8. The van der Waals surface area contributed by atoms with Gasteiger partial charge in [-0.25, -0.2) is 0 Å². The van der Waals surface area contributed by atoms with Gasteiger partial charge in [-0.1, -0.05) is 47.5 Å². The molecule has 3 fully saturated rings. The van der Waals surface area contributed by atoms with Crippen LogP contribution in [-0.4, -0.2) is 24.0 Å². The van der Waals surface area contributed by atoms with Gasteiger partial charge < -0.3 is 4.90 Å². The van der Waals surface area contributed by atoms with Gasteiger partial charge in [-0.05, 0) is 73.4 Å². The number of nitrogens with zero attached hydrogens (tertiary/aromatic N) is 2. The number of nitriles is 1. The van der Waals surface area contributed by atoms with Crippen molar-refractivity contribution in [2.24, 2.45) is 5.92 Å². The first-order valence-corrected chi connectivity index (χ1v) is 10.5. The first-order chi connectivity index (χ1) is 13.1. The van der Waals surface area contributed by atoms with Gasteiger partial charge in [0.15, 0.2) is 0 Å². The Morgan fingerprint density at radius 3 is 1.81 bits per heavy atom. The van der Waals surface area contributed by atoms with Crippen LogP contribution in [0.4, 0.5) is 0 Å². The Hall–Kier alpha value is -1.53. The standard InChI is InChI=1S/C23H24Cl2N2/c24-20-7-3-18(4-8-20)23(16-26,19-5-9-21(25)10-6-19)13-14-27-15-17-1-11-22(27)12-2-17/h3-10,17,22H,1-2,11-15H2. The molecule has 2 heterocycles. The summed E-state index contributed by atoms with van der Waals surface area (Å²) in [5, 5.41) is 11.7. The van der Waals surface area contributed by atoms with Crippen LogP contribution in [0.15, 0.2) is 48.5 Å². The van der Waals surface area contributed by atoms with Crippen LogP contribution in [0, 0.1) is 17.2 Å². The van der Waals surface area contributed by atoms with Gasteiger partial charge in [-0.15, -0.1) is 0 Å². The van der Waals surface area contributed by atoms with E-state index >= 15 is 0 Å². The molecule has 140 valence electrons. The second-order valence-electron chi connectivity index (χ2n) is 7.95. The van der Waals surface area contributed by atoms with E-state index in [-0.39, 0.29) is 0 Å². The van der Waals surface area contributed by atoms with Crippen LogP contribution in [0.5, 0.6) is 0 Å². The molecule has 4 heteroatoms. The van der Waals surface area contributed by atoms with E-state index < -0.39 is 5.41 Å². The fourth-order valence-electron chi connectivity index (χ4n) is 4.87. The topological polar surface area (TPSA) is 27.0 Å². The van der Waals surface area contributed by atoms with Crippen LogP contribution in [-0.2, 0) is 5.41 Å². The molecule has 0 radical (unpaired) electrons. The first-order valence-electron chi connectivity index (χ1n) is 9.78. The number of hydrogen-bond acceptors (Lipinski definition) is 2. The highest BCUT2D eigenvalue weighted by Gasteiger charge is 2.38. The largest absolute Gasteiger partial charge is 0.300 e.